The van der Waals surface area contributed by atoms with Crippen molar-refractivity contribution in [2.24, 2.45) is 0 Å². The largest absolute Gasteiger partial charge is 0.328 e. The summed E-state index contributed by atoms with van der Waals surface area (Å²) in [5, 5.41) is 3.73. The molecular weight excluding hydrogens is 330 g/mol. The van der Waals surface area contributed by atoms with Crippen molar-refractivity contribution in [1.29, 1.82) is 0 Å². The number of aromatic nitrogens is 2. The number of nitrogens with one attached hydrogen (secondary N) is 2. The second-order valence-corrected chi connectivity index (χ2v) is 5.67. The number of hydrogen-bond donors (Lipinski definition) is 2. The van der Waals surface area contributed by atoms with E-state index in [1.165, 1.54) is 4.57 Å². The monoisotopic (exact) mass is 343 g/mol. The average molecular weight is 344 g/mol. The summed E-state index contributed by atoms with van der Waals surface area (Å²) in [5.41, 5.74) is 0.170. The Hall–Kier alpha value is -2.86. The lowest BCUT2D eigenvalue weighted by molar-refractivity contribution is -0.116. The Bertz CT molecular complexity index is 1010. The highest BCUT2D eigenvalue weighted by atomic mass is 35.5. The molecule has 0 aliphatic carbocycles. The normalized spacial score (nSPS) is 10.7. The standard InChI is InChI=1S/C17H14ClN3O3/c18-11-5-7-12(8-6-11)19-15(22)9-10-21-14-4-2-1-3-13(14)16(23)20-17(21)24/h1-8H,9-10H2,(H,19,22)(H,20,23,24). The number of aryl methyl sites for hydroxylation is 1. The van der Waals surface area contributed by atoms with Crippen LogP contribution in [-0.2, 0) is 11.3 Å². The Labute approximate surface area is 141 Å². The second-order valence-electron chi connectivity index (χ2n) is 5.23. The van der Waals surface area contributed by atoms with Gasteiger partial charge in [0.25, 0.3) is 5.56 Å². The van der Waals surface area contributed by atoms with Crippen LogP contribution >= 0.6 is 11.6 Å². The molecule has 0 saturated heterocycles. The first kappa shape index (κ1) is 16.0. The topological polar surface area (TPSA) is 84.0 Å². The molecule has 1 amide bonds. The van der Waals surface area contributed by atoms with E-state index in [4.69, 9.17) is 11.6 Å². The Morgan fingerprint density at radius 3 is 2.54 bits per heavy atom. The molecule has 0 aliphatic heterocycles. The molecule has 6 nitrogen and oxygen atoms in total. The molecule has 0 bridgehead atoms. The van der Waals surface area contributed by atoms with Crippen molar-refractivity contribution < 1.29 is 4.79 Å². The minimum absolute atomic E-state index is 0.0958. The average Bonchev–Trinajstić information content (AvgIpc) is 2.57. The molecular formula is C17H14ClN3O3. The number of carbonyl (C=O) groups excluding carboxylic acids is 1. The molecule has 0 unspecified atom stereocenters. The molecule has 0 radical (unpaired) electrons. The van der Waals surface area contributed by atoms with Crippen LogP contribution < -0.4 is 16.6 Å². The number of H-pyrrole nitrogens is 1. The lowest BCUT2D eigenvalue weighted by Gasteiger charge is -2.09. The summed E-state index contributed by atoms with van der Waals surface area (Å²) in [7, 11) is 0. The van der Waals surface area contributed by atoms with E-state index < -0.39 is 11.2 Å². The van der Waals surface area contributed by atoms with Crippen molar-refractivity contribution in [2.75, 3.05) is 5.32 Å². The molecule has 122 valence electrons. The van der Waals surface area contributed by atoms with Crippen molar-refractivity contribution in [3.05, 3.63) is 74.4 Å². The number of hydrogen-bond acceptors (Lipinski definition) is 3. The molecule has 3 aromatic rings. The molecule has 7 heteroatoms. The van der Waals surface area contributed by atoms with Gasteiger partial charge in [0.05, 0.1) is 10.9 Å². The first-order valence-corrected chi connectivity index (χ1v) is 7.70. The van der Waals surface area contributed by atoms with E-state index in [0.717, 1.165) is 0 Å². The maximum atomic E-state index is 12.1. The van der Waals surface area contributed by atoms with Crippen molar-refractivity contribution in [3.8, 4) is 0 Å². The summed E-state index contributed by atoms with van der Waals surface area (Å²) in [6.45, 7) is 0.162. The number of fused-ring (bicyclic) bond motifs is 1. The number of rotatable bonds is 4. The minimum Gasteiger partial charge on any atom is -0.326 e. The van der Waals surface area contributed by atoms with E-state index in [1.54, 1.807) is 48.5 Å². The van der Waals surface area contributed by atoms with Gasteiger partial charge in [-0.1, -0.05) is 23.7 Å². The summed E-state index contributed by atoms with van der Waals surface area (Å²) in [6.07, 6.45) is 0.0958. The summed E-state index contributed by atoms with van der Waals surface area (Å²) >= 11 is 5.80. The van der Waals surface area contributed by atoms with Gasteiger partial charge in [-0.3, -0.25) is 19.1 Å². The van der Waals surface area contributed by atoms with Gasteiger partial charge in [0, 0.05) is 23.7 Å². The summed E-state index contributed by atoms with van der Waals surface area (Å²) in [5.74, 6) is -0.237. The van der Waals surface area contributed by atoms with Gasteiger partial charge in [-0.15, -0.1) is 0 Å². The van der Waals surface area contributed by atoms with Gasteiger partial charge in [0.1, 0.15) is 0 Å². The van der Waals surface area contributed by atoms with Crippen LogP contribution in [-0.4, -0.2) is 15.5 Å². The Kier molecular flexibility index (Phi) is 4.48. The van der Waals surface area contributed by atoms with E-state index in [0.29, 0.717) is 21.6 Å². The van der Waals surface area contributed by atoms with Gasteiger partial charge in [-0.2, -0.15) is 0 Å². The first-order valence-electron chi connectivity index (χ1n) is 7.32. The fourth-order valence-corrected chi connectivity index (χ4v) is 2.56. The SMILES string of the molecule is O=C(CCn1c(=O)[nH]c(=O)c2ccccc21)Nc1ccc(Cl)cc1. The number of amides is 1. The molecule has 0 saturated carbocycles. The number of nitrogens with zero attached hydrogens (tertiary/aromatic N) is 1. The smallest absolute Gasteiger partial charge is 0.326 e. The van der Waals surface area contributed by atoms with Crippen LogP contribution in [0, 0.1) is 0 Å². The molecule has 2 aromatic carbocycles. The summed E-state index contributed by atoms with van der Waals surface area (Å²) < 4.78 is 1.39. The van der Waals surface area contributed by atoms with Gasteiger partial charge in [0.2, 0.25) is 5.91 Å². The van der Waals surface area contributed by atoms with Gasteiger partial charge in [-0.05, 0) is 36.4 Å². The van der Waals surface area contributed by atoms with Crippen molar-refractivity contribution >= 4 is 34.1 Å². The van der Waals surface area contributed by atoms with Crippen LogP contribution in [0.1, 0.15) is 6.42 Å². The fourth-order valence-electron chi connectivity index (χ4n) is 2.43. The lowest BCUT2D eigenvalue weighted by atomic mass is 10.2. The third-order valence-corrected chi connectivity index (χ3v) is 3.85. The molecule has 0 atom stereocenters. The number of carbonyl (C=O) groups is 1. The highest BCUT2D eigenvalue weighted by molar-refractivity contribution is 6.30. The third-order valence-electron chi connectivity index (χ3n) is 3.60. The summed E-state index contributed by atoms with van der Waals surface area (Å²) in [6, 6.07) is 13.5. The van der Waals surface area contributed by atoms with Crippen LogP contribution in [0.2, 0.25) is 5.02 Å². The number of benzene rings is 2. The van der Waals surface area contributed by atoms with Crippen LogP contribution in [0.3, 0.4) is 0 Å². The van der Waals surface area contributed by atoms with Gasteiger partial charge >= 0.3 is 5.69 Å². The van der Waals surface area contributed by atoms with Crippen LogP contribution in [0.5, 0.6) is 0 Å². The highest BCUT2D eigenvalue weighted by Crippen LogP contribution is 2.14. The zero-order valence-electron chi connectivity index (χ0n) is 12.6. The van der Waals surface area contributed by atoms with Gasteiger partial charge in [0.15, 0.2) is 0 Å². The van der Waals surface area contributed by atoms with Gasteiger partial charge < -0.3 is 5.32 Å². The molecule has 1 heterocycles. The number of aromatic amines is 1. The molecule has 0 aliphatic rings. The van der Waals surface area contributed by atoms with E-state index in [-0.39, 0.29) is 18.9 Å². The molecule has 0 spiro atoms. The molecule has 24 heavy (non-hydrogen) atoms. The van der Waals surface area contributed by atoms with E-state index >= 15 is 0 Å². The maximum Gasteiger partial charge on any atom is 0.328 e. The minimum atomic E-state index is -0.530. The number of halogens is 1. The number of anilines is 1. The predicted molar refractivity (Wildman–Crippen MR) is 93.5 cm³/mol. The lowest BCUT2D eigenvalue weighted by Crippen LogP contribution is -2.31. The molecule has 3 rings (SSSR count). The van der Waals surface area contributed by atoms with Crippen molar-refractivity contribution in [1.82, 2.24) is 9.55 Å². The van der Waals surface area contributed by atoms with Crippen LogP contribution in [0.15, 0.2) is 58.1 Å². The van der Waals surface area contributed by atoms with Crippen molar-refractivity contribution in [2.45, 2.75) is 13.0 Å². The zero-order chi connectivity index (χ0) is 17.1. The third kappa shape index (κ3) is 3.38. The molecule has 2 N–H and O–H groups in total. The maximum absolute atomic E-state index is 12.1. The zero-order valence-corrected chi connectivity index (χ0v) is 13.3. The number of para-hydroxylation sites is 1. The van der Waals surface area contributed by atoms with E-state index in [2.05, 4.69) is 10.3 Å². The highest BCUT2D eigenvalue weighted by Gasteiger charge is 2.09. The van der Waals surface area contributed by atoms with Crippen molar-refractivity contribution in [3.63, 3.8) is 0 Å². The Balaban J connectivity index is 1.78. The second kappa shape index (κ2) is 6.72. The fraction of sp³-hybridized carbons (Fsp3) is 0.118. The Morgan fingerprint density at radius 1 is 1.08 bits per heavy atom. The molecule has 1 aromatic heterocycles. The van der Waals surface area contributed by atoms with Gasteiger partial charge in [-0.25, -0.2) is 4.79 Å². The van der Waals surface area contributed by atoms with Crippen LogP contribution in [0.25, 0.3) is 10.9 Å². The molecule has 0 fully saturated rings. The quantitative estimate of drug-likeness (QED) is 0.762. The first-order chi connectivity index (χ1) is 11.5. The van der Waals surface area contributed by atoms with E-state index in [1.807, 2.05) is 0 Å². The predicted octanol–water partition coefficient (Wildman–Crippen LogP) is 2.37. The van der Waals surface area contributed by atoms with Crippen LogP contribution in [0.4, 0.5) is 5.69 Å². The summed E-state index contributed by atoms with van der Waals surface area (Å²) in [4.78, 5) is 38.1. The van der Waals surface area contributed by atoms with E-state index in [9.17, 15) is 14.4 Å². The Morgan fingerprint density at radius 2 is 1.79 bits per heavy atom.